The van der Waals surface area contributed by atoms with Gasteiger partial charge in [0, 0.05) is 13.1 Å². The van der Waals surface area contributed by atoms with Crippen LogP contribution in [0.3, 0.4) is 0 Å². The van der Waals surface area contributed by atoms with Crippen LogP contribution in [0.15, 0.2) is 0 Å². The third-order valence-corrected chi connectivity index (χ3v) is 4.68. The van der Waals surface area contributed by atoms with Crippen molar-refractivity contribution in [2.45, 2.75) is 39.5 Å². The van der Waals surface area contributed by atoms with Crippen molar-refractivity contribution in [3.8, 4) is 0 Å². The van der Waals surface area contributed by atoms with E-state index in [1.807, 2.05) is 0 Å². The third-order valence-electron chi connectivity index (χ3n) is 4.68. The molecule has 0 spiro atoms. The summed E-state index contributed by atoms with van der Waals surface area (Å²) in [6.07, 6.45) is 5.34. The average molecular weight is 238 g/mol. The van der Waals surface area contributed by atoms with Crippen molar-refractivity contribution in [1.82, 2.24) is 10.6 Å². The Balaban J connectivity index is 1.75. The first-order valence-corrected chi connectivity index (χ1v) is 7.17. The second-order valence-electron chi connectivity index (χ2n) is 6.01. The van der Waals surface area contributed by atoms with Crippen molar-refractivity contribution in [1.29, 1.82) is 0 Å². The summed E-state index contributed by atoms with van der Waals surface area (Å²) < 4.78 is 0. The van der Waals surface area contributed by atoms with Crippen LogP contribution in [0.25, 0.3) is 0 Å². The fraction of sp³-hybridized carbons (Fsp3) is 0.929. The Bertz CT molecular complexity index is 267. The van der Waals surface area contributed by atoms with Gasteiger partial charge in [-0.05, 0) is 30.7 Å². The topological polar surface area (TPSA) is 41.1 Å². The van der Waals surface area contributed by atoms with Gasteiger partial charge in [0.2, 0.25) is 5.91 Å². The average Bonchev–Trinajstić information content (AvgIpc) is 2.74. The molecule has 0 aromatic heterocycles. The Morgan fingerprint density at radius 3 is 2.59 bits per heavy atom. The molecule has 2 unspecified atom stereocenters. The Hall–Kier alpha value is -0.570. The highest BCUT2D eigenvalue weighted by molar-refractivity contribution is 5.79. The maximum Gasteiger partial charge on any atom is 0.224 e. The maximum absolute atomic E-state index is 12.1. The van der Waals surface area contributed by atoms with Crippen molar-refractivity contribution in [3.05, 3.63) is 0 Å². The summed E-state index contributed by atoms with van der Waals surface area (Å²) in [6, 6.07) is 0. The van der Waals surface area contributed by atoms with Crippen LogP contribution < -0.4 is 10.6 Å². The molecule has 2 rings (SSSR count). The number of hydrogen-bond donors (Lipinski definition) is 2. The van der Waals surface area contributed by atoms with E-state index in [-0.39, 0.29) is 11.8 Å². The predicted molar refractivity (Wildman–Crippen MR) is 69.7 cm³/mol. The minimum atomic E-state index is 0.189. The van der Waals surface area contributed by atoms with Crippen LogP contribution in [0.4, 0.5) is 0 Å². The summed E-state index contributed by atoms with van der Waals surface area (Å²) in [6.45, 7) is 7.22. The number of rotatable bonds is 3. The van der Waals surface area contributed by atoms with Crippen molar-refractivity contribution >= 4 is 5.91 Å². The molecule has 3 heteroatoms. The number of nitrogens with one attached hydrogen (secondary N) is 2. The first-order valence-electron chi connectivity index (χ1n) is 7.17. The summed E-state index contributed by atoms with van der Waals surface area (Å²) in [7, 11) is 0. The SMILES string of the molecule is CC1CCCCC1CNC(=O)[C@@H]1CNC[C@H]1C. The molecule has 1 amide bonds. The van der Waals surface area contributed by atoms with E-state index < -0.39 is 0 Å². The zero-order chi connectivity index (χ0) is 12.3. The summed E-state index contributed by atoms with van der Waals surface area (Å²) >= 11 is 0. The summed E-state index contributed by atoms with van der Waals surface area (Å²) in [4.78, 5) is 12.1. The first kappa shape index (κ1) is 12.9. The lowest BCUT2D eigenvalue weighted by molar-refractivity contribution is -0.125. The van der Waals surface area contributed by atoms with Crippen LogP contribution in [0.5, 0.6) is 0 Å². The molecule has 1 saturated carbocycles. The molecule has 2 N–H and O–H groups in total. The number of amides is 1. The minimum absolute atomic E-state index is 0.189. The highest BCUT2D eigenvalue weighted by Crippen LogP contribution is 2.29. The smallest absolute Gasteiger partial charge is 0.224 e. The lowest BCUT2D eigenvalue weighted by atomic mass is 9.80. The van der Waals surface area contributed by atoms with E-state index in [2.05, 4.69) is 24.5 Å². The molecule has 0 aromatic carbocycles. The van der Waals surface area contributed by atoms with Gasteiger partial charge in [0.1, 0.15) is 0 Å². The number of hydrogen-bond acceptors (Lipinski definition) is 2. The highest BCUT2D eigenvalue weighted by Gasteiger charge is 2.30. The number of carbonyl (C=O) groups is 1. The van der Waals surface area contributed by atoms with E-state index in [1.165, 1.54) is 25.7 Å². The summed E-state index contributed by atoms with van der Waals surface area (Å²) in [5, 5.41) is 6.47. The first-order chi connectivity index (χ1) is 8.18. The zero-order valence-electron chi connectivity index (χ0n) is 11.2. The molecule has 0 aromatic rings. The van der Waals surface area contributed by atoms with Crippen LogP contribution in [-0.2, 0) is 4.79 Å². The Morgan fingerprint density at radius 2 is 1.94 bits per heavy atom. The van der Waals surface area contributed by atoms with E-state index >= 15 is 0 Å². The summed E-state index contributed by atoms with van der Waals surface area (Å²) in [5.41, 5.74) is 0. The minimum Gasteiger partial charge on any atom is -0.356 e. The molecule has 2 aliphatic rings. The van der Waals surface area contributed by atoms with Gasteiger partial charge in [-0.25, -0.2) is 0 Å². The Morgan fingerprint density at radius 1 is 1.18 bits per heavy atom. The highest BCUT2D eigenvalue weighted by atomic mass is 16.1. The zero-order valence-corrected chi connectivity index (χ0v) is 11.2. The van der Waals surface area contributed by atoms with E-state index in [0.717, 1.165) is 25.6 Å². The number of carbonyl (C=O) groups excluding carboxylic acids is 1. The molecular weight excluding hydrogens is 212 g/mol. The molecular formula is C14H26N2O. The van der Waals surface area contributed by atoms with Gasteiger partial charge in [-0.1, -0.05) is 33.1 Å². The molecule has 3 nitrogen and oxygen atoms in total. The lowest BCUT2D eigenvalue weighted by Gasteiger charge is -2.29. The van der Waals surface area contributed by atoms with Crippen molar-refractivity contribution in [2.75, 3.05) is 19.6 Å². The van der Waals surface area contributed by atoms with Gasteiger partial charge in [-0.3, -0.25) is 4.79 Å². The second-order valence-corrected chi connectivity index (χ2v) is 6.01. The Kier molecular flexibility index (Phi) is 4.43. The van der Waals surface area contributed by atoms with E-state index in [4.69, 9.17) is 0 Å². The van der Waals surface area contributed by atoms with Crippen LogP contribution in [0.1, 0.15) is 39.5 Å². The van der Waals surface area contributed by atoms with E-state index in [1.54, 1.807) is 0 Å². The van der Waals surface area contributed by atoms with Crippen LogP contribution in [-0.4, -0.2) is 25.5 Å². The van der Waals surface area contributed by atoms with Gasteiger partial charge in [0.15, 0.2) is 0 Å². The normalized spacial score (nSPS) is 38.0. The van der Waals surface area contributed by atoms with E-state index in [0.29, 0.717) is 11.8 Å². The molecule has 2 fully saturated rings. The van der Waals surface area contributed by atoms with Crippen molar-refractivity contribution < 1.29 is 4.79 Å². The van der Waals surface area contributed by atoms with Crippen molar-refractivity contribution in [3.63, 3.8) is 0 Å². The quantitative estimate of drug-likeness (QED) is 0.787. The van der Waals surface area contributed by atoms with Crippen LogP contribution in [0, 0.1) is 23.7 Å². The standard InChI is InChI=1S/C14H26N2O/c1-10-5-3-4-6-12(10)8-16-14(17)13-9-15-7-11(13)2/h10-13,15H,3-9H2,1-2H3,(H,16,17)/t10?,11-,12?,13-/m1/s1. The molecule has 1 aliphatic carbocycles. The van der Waals surface area contributed by atoms with Gasteiger partial charge in [0.05, 0.1) is 5.92 Å². The molecule has 98 valence electrons. The largest absolute Gasteiger partial charge is 0.356 e. The van der Waals surface area contributed by atoms with Crippen LogP contribution in [0.2, 0.25) is 0 Å². The van der Waals surface area contributed by atoms with E-state index in [9.17, 15) is 4.79 Å². The van der Waals surface area contributed by atoms with Gasteiger partial charge in [0.25, 0.3) is 0 Å². The molecule has 0 radical (unpaired) electrons. The molecule has 1 aliphatic heterocycles. The van der Waals surface area contributed by atoms with Crippen molar-refractivity contribution in [2.24, 2.45) is 23.7 Å². The molecule has 17 heavy (non-hydrogen) atoms. The predicted octanol–water partition coefficient (Wildman–Crippen LogP) is 1.78. The molecule has 4 atom stereocenters. The molecule has 1 heterocycles. The Labute approximate surface area is 105 Å². The molecule has 1 saturated heterocycles. The lowest BCUT2D eigenvalue weighted by Crippen LogP contribution is -2.39. The van der Waals surface area contributed by atoms with Gasteiger partial charge in [-0.2, -0.15) is 0 Å². The van der Waals surface area contributed by atoms with Gasteiger partial charge in [-0.15, -0.1) is 0 Å². The molecule has 0 bridgehead atoms. The third kappa shape index (κ3) is 3.21. The van der Waals surface area contributed by atoms with Gasteiger partial charge >= 0.3 is 0 Å². The monoisotopic (exact) mass is 238 g/mol. The van der Waals surface area contributed by atoms with Gasteiger partial charge < -0.3 is 10.6 Å². The fourth-order valence-corrected chi connectivity index (χ4v) is 3.22. The second kappa shape index (κ2) is 5.85. The summed E-state index contributed by atoms with van der Waals surface area (Å²) in [5.74, 6) is 2.42. The maximum atomic E-state index is 12.1. The fourth-order valence-electron chi connectivity index (χ4n) is 3.22. The van der Waals surface area contributed by atoms with Crippen LogP contribution >= 0.6 is 0 Å².